The minimum atomic E-state index is -0.730. The first-order valence-corrected chi connectivity index (χ1v) is 7.58. The number of nitrogens with two attached hydrogens (primary N) is 1. The lowest BCUT2D eigenvalue weighted by Crippen LogP contribution is -2.30. The predicted molar refractivity (Wildman–Crippen MR) is 76.6 cm³/mol. The molecule has 0 aliphatic rings. The van der Waals surface area contributed by atoms with E-state index in [1.807, 2.05) is 0 Å². The normalized spacial score (nSPS) is 12.2. The van der Waals surface area contributed by atoms with Crippen LogP contribution in [0.1, 0.15) is 78.1 Å². The molecule has 0 rings (SSSR count). The summed E-state index contributed by atoms with van der Waals surface area (Å²) in [6, 6.07) is -0.730. The van der Waals surface area contributed by atoms with Crippen LogP contribution in [0.2, 0.25) is 0 Å². The zero-order valence-electron chi connectivity index (χ0n) is 12.5. The Morgan fingerprint density at radius 1 is 0.947 bits per heavy atom. The molecule has 0 saturated heterocycles. The molecule has 0 spiro atoms. The van der Waals surface area contributed by atoms with Gasteiger partial charge in [-0.15, -0.1) is 0 Å². The van der Waals surface area contributed by atoms with Crippen LogP contribution in [0.15, 0.2) is 0 Å². The molecule has 0 aliphatic carbocycles. The minimum Gasteiger partial charge on any atom is -0.392 e. The maximum absolute atomic E-state index is 11.3. The van der Waals surface area contributed by atoms with Crippen LogP contribution >= 0.6 is 0 Å². The van der Waals surface area contributed by atoms with Crippen LogP contribution in [0.4, 0.5) is 0 Å². The summed E-state index contributed by atoms with van der Waals surface area (Å²) in [5, 5.41) is 0. The molecule has 0 radical (unpaired) electrons. The number of rotatable bonds is 11. The van der Waals surface area contributed by atoms with Gasteiger partial charge in [-0.2, -0.15) is 0 Å². The molecule has 2 N–H and O–H groups in total. The summed E-state index contributed by atoms with van der Waals surface area (Å²) in [4.78, 5) is 22.3. The van der Waals surface area contributed by atoms with Crippen LogP contribution in [-0.2, 0) is 14.3 Å². The highest BCUT2D eigenvalue weighted by Gasteiger charge is 2.13. The highest BCUT2D eigenvalue weighted by Crippen LogP contribution is 2.10. The van der Waals surface area contributed by atoms with Gasteiger partial charge in [0.25, 0.3) is 0 Å². The van der Waals surface area contributed by atoms with Crippen molar-refractivity contribution in [1.82, 2.24) is 0 Å². The van der Waals surface area contributed by atoms with Crippen molar-refractivity contribution in [3.05, 3.63) is 0 Å². The van der Waals surface area contributed by atoms with Crippen molar-refractivity contribution in [1.29, 1.82) is 0 Å². The highest BCUT2D eigenvalue weighted by atomic mass is 16.6. The Kier molecular flexibility index (Phi) is 11.6. The molecule has 0 bridgehead atoms. The number of hydrogen-bond donors (Lipinski definition) is 1. The van der Waals surface area contributed by atoms with Crippen molar-refractivity contribution in [2.75, 3.05) is 0 Å². The van der Waals surface area contributed by atoms with E-state index in [4.69, 9.17) is 5.73 Å². The van der Waals surface area contributed by atoms with Gasteiger partial charge >= 0.3 is 11.9 Å². The van der Waals surface area contributed by atoms with Gasteiger partial charge in [0, 0.05) is 6.42 Å². The second-order valence-electron chi connectivity index (χ2n) is 5.16. The monoisotopic (exact) mass is 271 g/mol. The average molecular weight is 271 g/mol. The SMILES string of the molecule is CCCCCCCCCCCC(=O)OC(=O)[C@H](C)N. The summed E-state index contributed by atoms with van der Waals surface area (Å²) in [7, 11) is 0. The Hall–Kier alpha value is -0.900. The fraction of sp³-hybridized carbons (Fsp3) is 0.867. The molecule has 112 valence electrons. The van der Waals surface area contributed by atoms with Gasteiger partial charge in [0.15, 0.2) is 0 Å². The van der Waals surface area contributed by atoms with Gasteiger partial charge in [-0.1, -0.05) is 58.3 Å². The molecule has 0 saturated carbocycles. The fourth-order valence-electron chi connectivity index (χ4n) is 1.84. The number of carbonyl (C=O) groups is 2. The quantitative estimate of drug-likeness (QED) is 0.355. The summed E-state index contributed by atoms with van der Waals surface area (Å²) < 4.78 is 4.58. The predicted octanol–water partition coefficient (Wildman–Crippen LogP) is 3.32. The minimum absolute atomic E-state index is 0.314. The number of esters is 2. The zero-order valence-corrected chi connectivity index (χ0v) is 12.5. The molecule has 0 amide bonds. The summed E-state index contributed by atoms with van der Waals surface area (Å²) in [6.07, 6.45) is 11.1. The van der Waals surface area contributed by atoms with E-state index in [0.29, 0.717) is 6.42 Å². The molecule has 4 heteroatoms. The largest absolute Gasteiger partial charge is 0.392 e. The zero-order chi connectivity index (χ0) is 14.5. The van der Waals surface area contributed by atoms with Crippen LogP contribution in [0, 0.1) is 0 Å². The molecule has 19 heavy (non-hydrogen) atoms. The van der Waals surface area contributed by atoms with Gasteiger partial charge in [-0.3, -0.25) is 4.79 Å². The van der Waals surface area contributed by atoms with Gasteiger partial charge < -0.3 is 10.5 Å². The third-order valence-corrected chi connectivity index (χ3v) is 3.07. The number of hydrogen-bond acceptors (Lipinski definition) is 4. The van der Waals surface area contributed by atoms with E-state index in [9.17, 15) is 9.59 Å². The van der Waals surface area contributed by atoms with E-state index in [1.165, 1.54) is 45.4 Å². The number of unbranched alkanes of at least 4 members (excludes halogenated alkanes) is 8. The topological polar surface area (TPSA) is 69.4 Å². The lowest BCUT2D eigenvalue weighted by atomic mass is 10.1. The molecular weight excluding hydrogens is 242 g/mol. The van der Waals surface area contributed by atoms with E-state index >= 15 is 0 Å². The summed E-state index contributed by atoms with van der Waals surface area (Å²) in [5.74, 6) is -1.09. The lowest BCUT2D eigenvalue weighted by molar-refractivity contribution is -0.160. The van der Waals surface area contributed by atoms with Crippen LogP contribution in [-0.4, -0.2) is 18.0 Å². The van der Waals surface area contributed by atoms with Crippen LogP contribution < -0.4 is 5.73 Å². The molecule has 4 nitrogen and oxygen atoms in total. The summed E-state index contributed by atoms with van der Waals surface area (Å²) in [5.41, 5.74) is 5.30. The van der Waals surface area contributed by atoms with Crippen molar-refractivity contribution in [2.24, 2.45) is 5.73 Å². The van der Waals surface area contributed by atoms with Gasteiger partial charge in [0.1, 0.15) is 6.04 Å². The van der Waals surface area contributed by atoms with Crippen molar-refractivity contribution >= 4 is 11.9 Å². The number of ether oxygens (including phenoxy) is 1. The Morgan fingerprint density at radius 3 is 1.89 bits per heavy atom. The van der Waals surface area contributed by atoms with Gasteiger partial charge in [-0.25, -0.2) is 4.79 Å². The second kappa shape index (κ2) is 12.2. The smallest absolute Gasteiger partial charge is 0.330 e. The van der Waals surface area contributed by atoms with Gasteiger partial charge in [0.2, 0.25) is 0 Å². The first-order valence-electron chi connectivity index (χ1n) is 7.58. The van der Waals surface area contributed by atoms with E-state index < -0.39 is 18.0 Å². The maximum atomic E-state index is 11.3. The van der Waals surface area contributed by atoms with E-state index in [0.717, 1.165) is 19.3 Å². The summed E-state index contributed by atoms with van der Waals surface area (Å²) in [6.45, 7) is 3.73. The molecule has 0 unspecified atom stereocenters. The third-order valence-electron chi connectivity index (χ3n) is 3.07. The van der Waals surface area contributed by atoms with Crippen molar-refractivity contribution in [3.63, 3.8) is 0 Å². The molecule has 0 fully saturated rings. The van der Waals surface area contributed by atoms with Crippen LogP contribution in [0.25, 0.3) is 0 Å². The van der Waals surface area contributed by atoms with E-state index in [-0.39, 0.29) is 0 Å². The first kappa shape index (κ1) is 18.1. The third kappa shape index (κ3) is 11.9. The molecule has 1 atom stereocenters. The summed E-state index contributed by atoms with van der Waals surface area (Å²) >= 11 is 0. The Bertz CT molecular complexity index is 252. The van der Waals surface area contributed by atoms with Crippen LogP contribution in [0.5, 0.6) is 0 Å². The van der Waals surface area contributed by atoms with E-state index in [1.54, 1.807) is 0 Å². The molecule has 0 aromatic heterocycles. The standard InChI is InChI=1S/C15H29NO3/c1-3-4-5-6-7-8-9-10-11-12-14(17)19-15(18)13(2)16/h13H,3-12,16H2,1-2H3/t13-/m0/s1. The molecule has 0 aliphatic heterocycles. The molecular formula is C15H29NO3. The average Bonchev–Trinajstić information content (AvgIpc) is 2.36. The lowest BCUT2D eigenvalue weighted by Gasteiger charge is -2.05. The van der Waals surface area contributed by atoms with Crippen molar-refractivity contribution in [3.8, 4) is 0 Å². The van der Waals surface area contributed by atoms with Crippen molar-refractivity contribution < 1.29 is 14.3 Å². The van der Waals surface area contributed by atoms with Crippen molar-refractivity contribution in [2.45, 2.75) is 84.1 Å². The molecule has 0 heterocycles. The van der Waals surface area contributed by atoms with Gasteiger partial charge in [0.05, 0.1) is 0 Å². The van der Waals surface area contributed by atoms with E-state index in [2.05, 4.69) is 11.7 Å². The molecule has 0 aromatic carbocycles. The Morgan fingerprint density at radius 2 is 1.42 bits per heavy atom. The highest BCUT2D eigenvalue weighted by molar-refractivity contribution is 5.87. The van der Waals surface area contributed by atoms with Crippen LogP contribution in [0.3, 0.4) is 0 Å². The maximum Gasteiger partial charge on any atom is 0.330 e. The first-order chi connectivity index (χ1) is 9.07. The van der Waals surface area contributed by atoms with Gasteiger partial charge in [-0.05, 0) is 13.3 Å². The Balaban J connectivity index is 3.30. The number of carbonyl (C=O) groups excluding carboxylic acids is 2. The second-order valence-corrected chi connectivity index (χ2v) is 5.16. The molecule has 0 aromatic rings. The Labute approximate surface area is 117 Å². The fourth-order valence-corrected chi connectivity index (χ4v) is 1.84.